The van der Waals surface area contributed by atoms with Gasteiger partial charge in [0.05, 0.1) is 39.9 Å². The van der Waals surface area contributed by atoms with Gasteiger partial charge < -0.3 is 28.8 Å². The summed E-state index contributed by atoms with van der Waals surface area (Å²) in [5.41, 5.74) is 0. The summed E-state index contributed by atoms with van der Waals surface area (Å²) in [7, 11) is 1.23. The number of quaternary nitrogens is 1. The van der Waals surface area contributed by atoms with Crippen LogP contribution in [0.25, 0.3) is 0 Å². The van der Waals surface area contributed by atoms with Crippen LogP contribution in [-0.2, 0) is 18.4 Å². The second-order valence-electron chi connectivity index (χ2n) is 22.0. The van der Waals surface area contributed by atoms with Crippen LogP contribution in [-0.4, -0.2) is 68.5 Å². The van der Waals surface area contributed by atoms with Crippen molar-refractivity contribution in [3.05, 3.63) is 60.8 Å². The third-order valence-electron chi connectivity index (χ3n) is 13.7. The number of amides is 1. The van der Waals surface area contributed by atoms with Crippen LogP contribution in [0.3, 0.4) is 0 Å². The van der Waals surface area contributed by atoms with E-state index in [9.17, 15) is 19.4 Å². The zero-order chi connectivity index (χ0) is 52.7. The van der Waals surface area contributed by atoms with Gasteiger partial charge in [0.15, 0.2) is 0 Å². The Morgan fingerprint density at radius 2 is 0.819 bits per heavy atom. The van der Waals surface area contributed by atoms with Crippen molar-refractivity contribution >= 4 is 13.7 Å². The molecule has 0 spiro atoms. The van der Waals surface area contributed by atoms with Crippen LogP contribution in [0.2, 0.25) is 0 Å². The maximum atomic E-state index is 13.0. The lowest BCUT2D eigenvalue weighted by Crippen LogP contribution is -2.45. The second-order valence-corrected chi connectivity index (χ2v) is 23.5. The minimum Gasteiger partial charge on any atom is -0.756 e. The zero-order valence-electron chi connectivity index (χ0n) is 48.1. The molecule has 1 amide bonds. The molecule has 3 atom stereocenters. The number of allylic oxidation sites excluding steroid dienone is 9. The predicted molar refractivity (Wildman–Crippen MR) is 311 cm³/mol. The van der Waals surface area contributed by atoms with Crippen molar-refractivity contribution in [2.24, 2.45) is 0 Å². The molecule has 72 heavy (non-hydrogen) atoms. The van der Waals surface area contributed by atoms with E-state index in [0.717, 1.165) is 64.2 Å². The fraction of sp³-hybridized carbons (Fsp3) is 0.825. The predicted octanol–water partition coefficient (Wildman–Crippen LogP) is 18.2. The molecule has 9 heteroatoms. The van der Waals surface area contributed by atoms with E-state index >= 15 is 0 Å². The largest absolute Gasteiger partial charge is 0.756 e. The van der Waals surface area contributed by atoms with Gasteiger partial charge in [-0.15, -0.1) is 0 Å². The standard InChI is InChI=1S/C63H119N2O6P/c1-6-8-10-12-14-16-18-20-22-24-26-27-28-29-30-31-32-33-34-35-36-37-39-40-42-44-46-48-50-52-54-56-62(66)61(60-71-72(68,69)70-59-58-65(3,4)5)64-63(67)57-55-53-51-49-47-45-43-41-38-25-23-21-19-17-15-13-11-9-7-2/h15,17,21,23,38,41,46,48,54,56,61-62,66H,6-14,16,18-20,22,24-37,39-40,42-45,47,49-53,55,57-60H2,1-5H3,(H-,64,67,68,69)/b17-15-,23-21-,41-38-,48-46+,56-54+. The minimum absolute atomic E-state index is 0.0111. The van der Waals surface area contributed by atoms with E-state index in [2.05, 4.69) is 67.8 Å². The number of carbonyl (C=O) groups is 1. The highest BCUT2D eigenvalue weighted by atomic mass is 31.2. The molecule has 0 aliphatic heterocycles. The normalized spacial score (nSPS) is 14.3. The number of hydrogen-bond donors (Lipinski definition) is 2. The number of nitrogens with zero attached hydrogens (tertiary/aromatic N) is 1. The lowest BCUT2D eigenvalue weighted by atomic mass is 10.0. The number of unbranched alkanes of at least 4 members (excludes halogenated alkanes) is 35. The molecule has 2 N–H and O–H groups in total. The van der Waals surface area contributed by atoms with Crippen molar-refractivity contribution in [1.29, 1.82) is 0 Å². The summed E-state index contributed by atoms with van der Waals surface area (Å²) in [6.45, 7) is 4.61. The molecule has 0 rings (SSSR count). The lowest BCUT2D eigenvalue weighted by molar-refractivity contribution is -0.870. The summed E-state index contributed by atoms with van der Waals surface area (Å²) < 4.78 is 23.3. The monoisotopic (exact) mass is 1030 g/mol. The second kappa shape index (κ2) is 54.0. The molecule has 8 nitrogen and oxygen atoms in total. The quantitative estimate of drug-likeness (QED) is 0.0272. The summed E-state index contributed by atoms with van der Waals surface area (Å²) >= 11 is 0. The first-order valence-electron chi connectivity index (χ1n) is 30.7. The number of rotatable bonds is 56. The molecule has 422 valence electrons. The minimum atomic E-state index is -4.61. The highest BCUT2D eigenvalue weighted by molar-refractivity contribution is 7.45. The molecular weight excluding hydrogens is 912 g/mol. The summed E-state index contributed by atoms with van der Waals surface area (Å²) in [5, 5.41) is 13.9. The Bertz CT molecular complexity index is 1360. The van der Waals surface area contributed by atoms with Gasteiger partial charge in [0.1, 0.15) is 13.2 Å². The summed E-state index contributed by atoms with van der Waals surface area (Å²) in [4.78, 5) is 25.5. The first-order valence-corrected chi connectivity index (χ1v) is 32.1. The molecule has 0 saturated carbocycles. The molecule has 0 fully saturated rings. The first kappa shape index (κ1) is 70.2. The number of aliphatic hydroxyl groups excluding tert-OH is 1. The Balaban J connectivity index is 4.18. The van der Waals surface area contributed by atoms with E-state index in [-0.39, 0.29) is 12.5 Å². The SMILES string of the molecule is CCCCC/C=C\C/C=C\C/C=C\CCCCCCCCC(=O)NC(COP(=O)([O-])OCC[N+](C)(C)C)C(O)/C=C/CC/C=C/CCCCCCCCCCCCCCCCCCCCCCCCCCC. The van der Waals surface area contributed by atoms with E-state index < -0.39 is 26.6 Å². The smallest absolute Gasteiger partial charge is 0.268 e. The van der Waals surface area contributed by atoms with Crippen molar-refractivity contribution < 1.29 is 32.9 Å². The number of phosphoric ester groups is 1. The molecule has 0 aromatic rings. The van der Waals surface area contributed by atoms with Crippen LogP contribution in [0.1, 0.15) is 284 Å². The average Bonchev–Trinajstić information content (AvgIpc) is 3.34. The van der Waals surface area contributed by atoms with E-state index in [4.69, 9.17) is 9.05 Å². The Hall–Kier alpha value is -1.80. The van der Waals surface area contributed by atoms with E-state index in [0.29, 0.717) is 17.4 Å². The average molecular weight is 1030 g/mol. The molecule has 0 radical (unpaired) electrons. The maximum absolute atomic E-state index is 13.0. The van der Waals surface area contributed by atoms with Gasteiger partial charge in [0, 0.05) is 6.42 Å². The van der Waals surface area contributed by atoms with Gasteiger partial charge in [-0.1, -0.05) is 267 Å². The molecule has 0 bridgehead atoms. The van der Waals surface area contributed by atoms with Crippen molar-refractivity contribution in [3.63, 3.8) is 0 Å². The van der Waals surface area contributed by atoms with E-state index in [1.165, 1.54) is 199 Å². The van der Waals surface area contributed by atoms with E-state index in [1.54, 1.807) is 6.08 Å². The molecule has 3 unspecified atom stereocenters. The van der Waals surface area contributed by atoms with Gasteiger partial charge in [-0.3, -0.25) is 9.36 Å². The van der Waals surface area contributed by atoms with Crippen LogP contribution in [0.15, 0.2) is 60.8 Å². The zero-order valence-corrected chi connectivity index (χ0v) is 49.0. The van der Waals surface area contributed by atoms with Crippen LogP contribution in [0.4, 0.5) is 0 Å². The van der Waals surface area contributed by atoms with Gasteiger partial charge >= 0.3 is 0 Å². The Kier molecular flexibility index (Phi) is 52.7. The van der Waals surface area contributed by atoms with E-state index in [1.807, 2.05) is 27.2 Å². The van der Waals surface area contributed by atoms with Crippen molar-refractivity contribution in [2.75, 3.05) is 40.9 Å². The Morgan fingerprint density at radius 3 is 1.25 bits per heavy atom. The van der Waals surface area contributed by atoms with Crippen LogP contribution >= 0.6 is 7.82 Å². The molecule has 0 aliphatic rings. The molecule has 0 aliphatic carbocycles. The summed E-state index contributed by atoms with van der Waals surface area (Å²) in [6.07, 6.45) is 73.2. The Morgan fingerprint density at radius 1 is 0.486 bits per heavy atom. The molecule has 0 heterocycles. The van der Waals surface area contributed by atoms with Crippen molar-refractivity contribution in [2.45, 2.75) is 296 Å². The number of aliphatic hydroxyl groups is 1. The molecule has 0 aromatic heterocycles. The Labute approximate surface area is 447 Å². The van der Waals surface area contributed by atoms with Crippen molar-refractivity contribution in [1.82, 2.24) is 5.32 Å². The lowest BCUT2D eigenvalue weighted by Gasteiger charge is -2.29. The first-order chi connectivity index (χ1) is 35.0. The van der Waals surface area contributed by atoms with Crippen LogP contribution in [0, 0.1) is 0 Å². The third kappa shape index (κ3) is 55.9. The number of carbonyl (C=O) groups excluding carboxylic acids is 1. The summed E-state index contributed by atoms with van der Waals surface area (Å²) in [5.74, 6) is -0.219. The molecule has 0 aromatic carbocycles. The van der Waals surface area contributed by atoms with Gasteiger partial charge in [-0.05, 0) is 70.6 Å². The number of nitrogens with one attached hydrogen (secondary N) is 1. The highest BCUT2D eigenvalue weighted by Crippen LogP contribution is 2.38. The molecular formula is C63H119N2O6P. The third-order valence-corrected chi connectivity index (χ3v) is 14.7. The van der Waals surface area contributed by atoms with Gasteiger partial charge in [-0.2, -0.15) is 0 Å². The number of likely N-dealkylation sites (N-methyl/N-ethyl adjacent to an activating group) is 1. The van der Waals surface area contributed by atoms with Gasteiger partial charge in [-0.25, -0.2) is 0 Å². The summed E-state index contributed by atoms with van der Waals surface area (Å²) in [6, 6.07) is -0.914. The fourth-order valence-electron chi connectivity index (χ4n) is 8.88. The fourth-order valence-corrected chi connectivity index (χ4v) is 9.61. The van der Waals surface area contributed by atoms with Crippen molar-refractivity contribution in [3.8, 4) is 0 Å². The van der Waals surface area contributed by atoms with Crippen LogP contribution < -0.4 is 10.2 Å². The van der Waals surface area contributed by atoms with Gasteiger partial charge in [0.25, 0.3) is 7.82 Å². The van der Waals surface area contributed by atoms with Gasteiger partial charge in [0.2, 0.25) is 5.91 Å². The highest BCUT2D eigenvalue weighted by Gasteiger charge is 2.23. The maximum Gasteiger partial charge on any atom is 0.268 e. The molecule has 0 saturated heterocycles. The number of hydrogen-bond acceptors (Lipinski definition) is 6. The topological polar surface area (TPSA) is 108 Å². The van der Waals surface area contributed by atoms with Crippen LogP contribution in [0.5, 0.6) is 0 Å². The number of phosphoric acid groups is 1.